The van der Waals surface area contributed by atoms with Gasteiger partial charge in [0.15, 0.2) is 0 Å². The average molecular weight is 343 g/mol. The Balaban J connectivity index is 1.56. The summed E-state index contributed by atoms with van der Waals surface area (Å²) in [7, 11) is 1.68. The van der Waals surface area contributed by atoms with Gasteiger partial charge >= 0.3 is 0 Å². The first-order valence-electron chi connectivity index (χ1n) is 8.66. The summed E-state index contributed by atoms with van der Waals surface area (Å²) in [5, 5.41) is 3.35. The molecule has 25 heavy (non-hydrogen) atoms. The van der Waals surface area contributed by atoms with Gasteiger partial charge in [-0.15, -0.1) is 0 Å². The van der Waals surface area contributed by atoms with Gasteiger partial charge in [-0.1, -0.05) is 18.2 Å². The molecule has 2 aromatic rings. The van der Waals surface area contributed by atoms with Gasteiger partial charge in [0.1, 0.15) is 29.5 Å². The second-order valence-electron chi connectivity index (χ2n) is 5.94. The normalized spacial score (nSPS) is 20.2. The Morgan fingerprint density at radius 2 is 1.60 bits per heavy atom. The standard InChI is InChI=1S/C20H25NO4/c1-22-13-14-23-20-15-21-12-11-19(20)25-18-9-7-17(8-10-18)24-16-5-3-2-4-6-16/h2-10,19-21H,11-15H2,1H3/t19-,20-/m0/s1. The summed E-state index contributed by atoms with van der Waals surface area (Å²) >= 11 is 0. The molecular weight excluding hydrogens is 318 g/mol. The molecule has 0 radical (unpaired) electrons. The van der Waals surface area contributed by atoms with E-state index in [0.29, 0.717) is 13.2 Å². The topological polar surface area (TPSA) is 49.0 Å². The lowest BCUT2D eigenvalue weighted by Gasteiger charge is -2.32. The van der Waals surface area contributed by atoms with Crippen LogP contribution in [0.2, 0.25) is 0 Å². The summed E-state index contributed by atoms with van der Waals surface area (Å²) in [6.07, 6.45) is 0.989. The second kappa shape index (κ2) is 9.42. The predicted molar refractivity (Wildman–Crippen MR) is 96.5 cm³/mol. The van der Waals surface area contributed by atoms with Crippen molar-refractivity contribution in [2.75, 3.05) is 33.4 Å². The van der Waals surface area contributed by atoms with E-state index in [1.165, 1.54) is 0 Å². The van der Waals surface area contributed by atoms with Crippen molar-refractivity contribution in [1.29, 1.82) is 0 Å². The fraction of sp³-hybridized carbons (Fsp3) is 0.400. The Labute approximate surface area is 148 Å². The lowest BCUT2D eigenvalue weighted by Crippen LogP contribution is -2.48. The summed E-state index contributed by atoms with van der Waals surface area (Å²) < 4.78 is 22.9. The third-order valence-corrected chi connectivity index (χ3v) is 4.08. The molecule has 0 spiro atoms. The van der Waals surface area contributed by atoms with Gasteiger partial charge in [0.2, 0.25) is 0 Å². The first kappa shape index (κ1) is 17.7. The lowest BCUT2D eigenvalue weighted by atomic mass is 10.1. The molecule has 134 valence electrons. The van der Waals surface area contributed by atoms with Gasteiger partial charge in [0.05, 0.1) is 13.2 Å². The minimum Gasteiger partial charge on any atom is -0.488 e. The Hall–Kier alpha value is -2.08. The Morgan fingerprint density at radius 3 is 2.36 bits per heavy atom. The maximum Gasteiger partial charge on any atom is 0.127 e. The number of benzene rings is 2. The zero-order valence-electron chi connectivity index (χ0n) is 14.5. The Morgan fingerprint density at radius 1 is 0.880 bits per heavy atom. The molecule has 0 amide bonds. The van der Waals surface area contributed by atoms with Crippen LogP contribution < -0.4 is 14.8 Å². The molecule has 2 atom stereocenters. The van der Waals surface area contributed by atoms with Gasteiger partial charge in [-0.05, 0) is 49.4 Å². The lowest BCUT2D eigenvalue weighted by molar-refractivity contribution is -0.0529. The predicted octanol–water partition coefficient (Wildman–Crippen LogP) is 3.25. The van der Waals surface area contributed by atoms with Gasteiger partial charge < -0.3 is 24.3 Å². The fourth-order valence-electron chi connectivity index (χ4n) is 2.78. The van der Waals surface area contributed by atoms with Crippen molar-refractivity contribution in [2.24, 2.45) is 0 Å². The van der Waals surface area contributed by atoms with E-state index in [4.69, 9.17) is 18.9 Å². The summed E-state index contributed by atoms with van der Waals surface area (Å²) in [4.78, 5) is 0. The van der Waals surface area contributed by atoms with Crippen LogP contribution in [0.25, 0.3) is 0 Å². The fourth-order valence-corrected chi connectivity index (χ4v) is 2.78. The van der Waals surface area contributed by atoms with E-state index in [0.717, 1.165) is 36.8 Å². The molecule has 1 fully saturated rings. The highest BCUT2D eigenvalue weighted by Crippen LogP contribution is 2.25. The van der Waals surface area contributed by atoms with Crippen molar-refractivity contribution in [2.45, 2.75) is 18.6 Å². The minimum absolute atomic E-state index is 0.0316. The average Bonchev–Trinajstić information content (AvgIpc) is 2.66. The Kier molecular flexibility index (Phi) is 6.68. The van der Waals surface area contributed by atoms with E-state index in [1.54, 1.807) is 7.11 Å². The van der Waals surface area contributed by atoms with Gasteiger partial charge in [-0.2, -0.15) is 0 Å². The molecule has 1 aliphatic heterocycles. The smallest absolute Gasteiger partial charge is 0.127 e. The molecule has 0 saturated carbocycles. The van der Waals surface area contributed by atoms with Crippen molar-refractivity contribution < 1.29 is 18.9 Å². The molecular formula is C20H25NO4. The van der Waals surface area contributed by atoms with Crippen LogP contribution in [-0.2, 0) is 9.47 Å². The maximum absolute atomic E-state index is 6.14. The van der Waals surface area contributed by atoms with Crippen molar-refractivity contribution in [3.05, 3.63) is 54.6 Å². The number of piperidine rings is 1. The summed E-state index contributed by atoms with van der Waals surface area (Å²) in [5.74, 6) is 2.44. The SMILES string of the molecule is COCCO[C@H]1CNCC[C@@H]1Oc1ccc(Oc2ccccc2)cc1. The highest BCUT2D eigenvalue weighted by molar-refractivity contribution is 5.35. The monoisotopic (exact) mass is 343 g/mol. The van der Waals surface area contributed by atoms with Gasteiger partial charge in [-0.3, -0.25) is 0 Å². The molecule has 0 bridgehead atoms. The van der Waals surface area contributed by atoms with E-state index in [-0.39, 0.29) is 12.2 Å². The van der Waals surface area contributed by atoms with Crippen LogP contribution in [0.15, 0.2) is 54.6 Å². The summed E-state index contributed by atoms with van der Waals surface area (Å²) in [6.45, 7) is 2.90. The number of rotatable bonds is 8. The Bertz CT molecular complexity index is 617. The molecule has 0 aliphatic carbocycles. The van der Waals surface area contributed by atoms with Crippen molar-refractivity contribution in [3.63, 3.8) is 0 Å². The van der Waals surface area contributed by atoms with Crippen molar-refractivity contribution in [1.82, 2.24) is 5.32 Å². The molecule has 3 rings (SSSR count). The van der Waals surface area contributed by atoms with Crippen LogP contribution >= 0.6 is 0 Å². The van der Waals surface area contributed by atoms with E-state index >= 15 is 0 Å². The van der Waals surface area contributed by atoms with Crippen LogP contribution in [0.4, 0.5) is 0 Å². The van der Waals surface area contributed by atoms with Gasteiger partial charge in [0, 0.05) is 13.7 Å². The molecule has 0 aromatic heterocycles. The number of hydrogen-bond acceptors (Lipinski definition) is 5. The van der Waals surface area contributed by atoms with Crippen LogP contribution in [-0.4, -0.2) is 45.6 Å². The highest BCUT2D eigenvalue weighted by Gasteiger charge is 2.27. The van der Waals surface area contributed by atoms with Crippen LogP contribution in [0.5, 0.6) is 17.2 Å². The first-order chi connectivity index (χ1) is 12.3. The third-order valence-electron chi connectivity index (χ3n) is 4.08. The second-order valence-corrected chi connectivity index (χ2v) is 5.94. The van der Waals surface area contributed by atoms with Crippen molar-refractivity contribution >= 4 is 0 Å². The number of para-hydroxylation sites is 1. The molecule has 5 heteroatoms. The maximum atomic E-state index is 6.14. The van der Waals surface area contributed by atoms with Crippen LogP contribution in [0.3, 0.4) is 0 Å². The molecule has 1 saturated heterocycles. The first-order valence-corrected chi connectivity index (χ1v) is 8.66. The zero-order valence-corrected chi connectivity index (χ0v) is 14.5. The van der Waals surface area contributed by atoms with E-state index in [9.17, 15) is 0 Å². The van der Waals surface area contributed by atoms with E-state index in [1.807, 2.05) is 54.6 Å². The van der Waals surface area contributed by atoms with Crippen LogP contribution in [0.1, 0.15) is 6.42 Å². The van der Waals surface area contributed by atoms with Crippen LogP contribution in [0, 0.1) is 0 Å². The van der Waals surface area contributed by atoms with E-state index < -0.39 is 0 Å². The van der Waals surface area contributed by atoms with Crippen molar-refractivity contribution in [3.8, 4) is 17.2 Å². The quantitative estimate of drug-likeness (QED) is 0.746. The van der Waals surface area contributed by atoms with Gasteiger partial charge in [-0.25, -0.2) is 0 Å². The van der Waals surface area contributed by atoms with E-state index in [2.05, 4.69) is 5.32 Å². The summed E-state index contributed by atoms with van der Waals surface area (Å²) in [5.41, 5.74) is 0. The number of hydrogen-bond donors (Lipinski definition) is 1. The van der Waals surface area contributed by atoms with Gasteiger partial charge in [0.25, 0.3) is 0 Å². The molecule has 1 N–H and O–H groups in total. The molecule has 0 unspecified atom stereocenters. The minimum atomic E-state index is 0.0316. The largest absolute Gasteiger partial charge is 0.488 e. The molecule has 2 aromatic carbocycles. The highest BCUT2D eigenvalue weighted by atomic mass is 16.6. The number of methoxy groups -OCH3 is 1. The zero-order chi connectivity index (χ0) is 17.3. The number of nitrogens with one attached hydrogen (secondary N) is 1. The molecule has 1 heterocycles. The molecule has 5 nitrogen and oxygen atoms in total. The third kappa shape index (κ3) is 5.46. The number of ether oxygens (including phenoxy) is 4. The molecule has 1 aliphatic rings. The summed E-state index contributed by atoms with van der Waals surface area (Å²) in [6, 6.07) is 17.4.